The normalized spacial score (nSPS) is 12.1. The minimum absolute atomic E-state index is 0.0710. The van der Waals surface area contributed by atoms with Gasteiger partial charge in [0, 0.05) is 19.3 Å². The summed E-state index contributed by atoms with van der Waals surface area (Å²) in [4.78, 5) is 38.0. The van der Waals surface area contributed by atoms with Crippen LogP contribution in [0.4, 0.5) is 0 Å². The highest BCUT2D eigenvalue weighted by Gasteiger charge is 2.19. The molecule has 0 spiro atoms. The fraction of sp³-hybridized carbons (Fsp3) is 0.877. The van der Waals surface area contributed by atoms with Crippen LogP contribution in [0.2, 0.25) is 0 Å². The molecule has 0 rings (SSSR count). The Hall–Kier alpha value is -2.11. The monoisotopic (exact) mass is 887 g/mol. The molecule has 1 atom stereocenters. The molecule has 0 fully saturated rings. The zero-order chi connectivity index (χ0) is 45.8. The maximum absolute atomic E-state index is 12.8. The topological polar surface area (TPSA) is 78.9 Å². The molecule has 6 nitrogen and oxygen atoms in total. The highest BCUT2D eigenvalue weighted by molar-refractivity contribution is 5.71. The molecule has 0 aromatic carbocycles. The number of carbonyl (C=O) groups excluding carboxylic acids is 3. The first kappa shape index (κ1) is 60.9. The molecule has 63 heavy (non-hydrogen) atoms. The van der Waals surface area contributed by atoms with Crippen molar-refractivity contribution in [1.29, 1.82) is 0 Å². The minimum atomic E-state index is -0.770. The molecule has 0 N–H and O–H groups in total. The van der Waals surface area contributed by atoms with Gasteiger partial charge in [0.15, 0.2) is 6.10 Å². The molecule has 0 saturated carbocycles. The second-order valence-corrected chi connectivity index (χ2v) is 18.8. The van der Waals surface area contributed by atoms with Crippen LogP contribution in [0.5, 0.6) is 0 Å². The maximum Gasteiger partial charge on any atom is 0.306 e. The Balaban J connectivity index is 4.25. The van der Waals surface area contributed by atoms with Gasteiger partial charge in [0.2, 0.25) is 0 Å². The summed E-state index contributed by atoms with van der Waals surface area (Å²) >= 11 is 0. The van der Waals surface area contributed by atoms with Crippen molar-refractivity contribution in [1.82, 2.24) is 0 Å². The molecule has 0 aliphatic carbocycles. The first-order valence-electron chi connectivity index (χ1n) is 27.8. The van der Waals surface area contributed by atoms with E-state index in [4.69, 9.17) is 14.2 Å². The van der Waals surface area contributed by atoms with Crippen molar-refractivity contribution >= 4 is 17.9 Å². The molecule has 0 bridgehead atoms. The van der Waals surface area contributed by atoms with Crippen LogP contribution in [0.25, 0.3) is 0 Å². The molecule has 0 radical (unpaired) electrons. The number of rotatable bonds is 51. The van der Waals surface area contributed by atoms with Gasteiger partial charge in [0.25, 0.3) is 0 Å². The van der Waals surface area contributed by atoms with E-state index in [1.165, 1.54) is 199 Å². The molecule has 0 aromatic rings. The van der Waals surface area contributed by atoms with Crippen molar-refractivity contribution in [3.05, 3.63) is 24.3 Å². The van der Waals surface area contributed by atoms with Gasteiger partial charge >= 0.3 is 17.9 Å². The van der Waals surface area contributed by atoms with E-state index in [1.807, 2.05) is 0 Å². The molecule has 0 aliphatic rings. The van der Waals surface area contributed by atoms with Crippen LogP contribution in [-0.2, 0) is 28.6 Å². The fourth-order valence-electron chi connectivity index (χ4n) is 8.18. The second kappa shape index (κ2) is 52.5. The lowest BCUT2D eigenvalue weighted by Gasteiger charge is -2.18. The molecule has 0 aromatic heterocycles. The van der Waals surface area contributed by atoms with E-state index in [1.54, 1.807) is 0 Å². The van der Waals surface area contributed by atoms with E-state index in [0.29, 0.717) is 19.3 Å². The average Bonchev–Trinajstić information content (AvgIpc) is 3.28. The maximum atomic E-state index is 12.8. The van der Waals surface area contributed by atoms with Crippen LogP contribution < -0.4 is 0 Å². The van der Waals surface area contributed by atoms with Gasteiger partial charge in [-0.05, 0) is 64.2 Å². The molecule has 6 heteroatoms. The second-order valence-electron chi connectivity index (χ2n) is 18.8. The van der Waals surface area contributed by atoms with Gasteiger partial charge in [-0.15, -0.1) is 0 Å². The lowest BCUT2D eigenvalue weighted by atomic mass is 10.0. The minimum Gasteiger partial charge on any atom is -0.462 e. The summed E-state index contributed by atoms with van der Waals surface area (Å²) in [6.07, 6.45) is 60.3. The molecule has 370 valence electrons. The standard InChI is InChI=1S/C57H106O6/c1-4-7-10-13-16-19-22-24-25-26-27-28-29-30-31-33-35-38-41-44-47-50-56(59)62-53-54(52-61-55(58)49-46-43-40-37-34-21-18-15-12-9-6-3)63-57(60)51-48-45-42-39-36-32-23-20-17-14-11-8-5-2/h15,18,26-27,54H,4-14,16-17,19-25,28-53H2,1-3H3/b18-15-,27-26-. The summed E-state index contributed by atoms with van der Waals surface area (Å²) in [6, 6.07) is 0. The summed E-state index contributed by atoms with van der Waals surface area (Å²) in [5.74, 6) is -0.867. The molecule has 0 heterocycles. The lowest BCUT2D eigenvalue weighted by molar-refractivity contribution is -0.167. The molecule has 1 unspecified atom stereocenters. The van der Waals surface area contributed by atoms with Crippen molar-refractivity contribution in [3.63, 3.8) is 0 Å². The summed E-state index contributed by atoms with van der Waals surface area (Å²) in [6.45, 7) is 6.63. The van der Waals surface area contributed by atoms with E-state index >= 15 is 0 Å². The summed E-state index contributed by atoms with van der Waals surface area (Å²) in [5.41, 5.74) is 0. The molecule has 0 amide bonds. The van der Waals surface area contributed by atoms with Gasteiger partial charge in [0.1, 0.15) is 13.2 Å². The Morgan fingerprint density at radius 1 is 0.302 bits per heavy atom. The number of ether oxygens (including phenoxy) is 3. The van der Waals surface area contributed by atoms with Gasteiger partial charge in [-0.3, -0.25) is 14.4 Å². The van der Waals surface area contributed by atoms with Gasteiger partial charge < -0.3 is 14.2 Å². The third-order valence-electron chi connectivity index (χ3n) is 12.4. The average molecular weight is 887 g/mol. The Morgan fingerprint density at radius 2 is 0.540 bits per heavy atom. The number of allylic oxidation sites excluding steroid dienone is 4. The zero-order valence-electron chi connectivity index (χ0n) is 42.4. The van der Waals surface area contributed by atoms with Crippen LogP contribution in [0, 0.1) is 0 Å². The Bertz CT molecular complexity index is 1020. The van der Waals surface area contributed by atoms with Crippen LogP contribution >= 0.6 is 0 Å². The lowest BCUT2D eigenvalue weighted by Crippen LogP contribution is -2.30. The van der Waals surface area contributed by atoms with Crippen LogP contribution in [0.3, 0.4) is 0 Å². The number of hydrogen-bond acceptors (Lipinski definition) is 6. The quantitative estimate of drug-likeness (QED) is 0.0262. The first-order valence-corrected chi connectivity index (χ1v) is 27.8. The van der Waals surface area contributed by atoms with Gasteiger partial charge in [0.05, 0.1) is 0 Å². The smallest absolute Gasteiger partial charge is 0.306 e. The summed E-state index contributed by atoms with van der Waals surface area (Å²) < 4.78 is 16.8. The van der Waals surface area contributed by atoms with Gasteiger partial charge in [-0.1, -0.05) is 244 Å². The highest BCUT2D eigenvalue weighted by atomic mass is 16.6. The van der Waals surface area contributed by atoms with Crippen molar-refractivity contribution in [2.75, 3.05) is 13.2 Å². The molecule has 0 saturated heterocycles. The number of esters is 3. The molecular formula is C57H106O6. The Kier molecular flexibility index (Phi) is 50.8. The van der Waals surface area contributed by atoms with Crippen molar-refractivity contribution < 1.29 is 28.6 Å². The highest BCUT2D eigenvalue weighted by Crippen LogP contribution is 2.16. The summed E-state index contributed by atoms with van der Waals surface area (Å²) in [5, 5.41) is 0. The van der Waals surface area contributed by atoms with E-state index in [-0.39, 0.29) is 31.1 Å². The van der Waals surface area contributed by atoms with Crippen molar-refractivity contribution in [2.24, 2.45) is 0 Å². The van der Waals surface area contributed by atoms with Gasteiger partial charge in [-0.25, -0.2) is 0 Å². The predicted octanol–water partition coefficient (Wildman–Crippen LogP) is 18.3. The van der Waals surface area contributed by atoms with E-state index in [0.717, 1.165) is 64.2 Å². The summed E-state index contributed by atoms with van der Waals surface area (Å²) in [7, 11) is 0. The largest absolute Gasteiger partial charge is 0.462 e. The predicted molar refractivity (Wildman–Crippen MR) is 270 cm³/mol. The third-order valence-corrected chi connectivity index (χ3v) is 12.4. The Morgan fingerprint density at radius 3 is 0.841 bits per heavy atom. The van der Waals surface area contributed by atoms with Crippen molar-refractivity contribution in [3.8, 4) is 0 Å². The van der Waals surface area contributed by atoms with Crippen LogP contribution in [-0.4, -0.2) is 37.2 Å². The zero-order valence-corrected chi connectivity index (χ0v) is 42.4. The molecular weight excluding hydrogens is 781 g/mol. The fourth-order valence-corrected chi connectivity index (χ4v) is 8.18. The first-order chi connectivity index (χ1) is 31.0. The van der Waals surface area contributed by atoms with E-state index < -0.39 is 6.10 Å². The van der Waals surface area contributed by atoms with Crippen LogP contribution in [0.1, 0.15) is 303 Å². The number of unbranched alkanes of at least 4 members (excludes halogenated alkanes) is 36. The molecule has 0 aliphatic heterocycles. The Labute approximate surface area is 392 Å². The van der Waals surface area contributed by atoms with Gasteiger partial charge in [-0.2, -0.15) is 0 Å². The van der Waals surface area contributed by atoms with E-state index in [9.17, 15) is 14.4 Å². The van der Waals surface area contributed by atoms with E-state index in [2.05, 4.69) is 45.1 Å². The van der Waals surface area contributed by atoms with Crippen LogP contribution in [0.15, 0.2) is 24.3 Å². The number of carbonyl (C=O) groups is 3. The third kappa shape index (κ3) is 50.7. The van der Waals surface area contributed by atoms with Crippen molar-refractivity contribution in [2.45, 2.75) is 309 Å². The SMILES string of the molecule is CCCC/C=C\CCCCCCCC(=O)OCC(COC(=O)CCCCCCCCCCC/C=C\CCCCCCCCCC)OC(=O)CCCCCCCCCCCCCCC. The number of hydrogen-bond donors (Lipinski definition) is 0.